The Hall–Kier alpha value is -0.130. The van der Waals surface area contributed by atoms with E-state index in [9.17, 15) is 13.5 Å². The van der Waals surface area contributed by atoms with E-state index in [2.05, 4.69) is 4.72 Å². The molecule has 2 rings (SSSR count). The van der Waals surface area contributed by atoms with E-state index in [0.717, 1.165) is 38.5 Å². The van der Waals surface area contributed by atoms with Crippen molar-refractivity contribution in [3.8, 4) is 0 Å². The molecule has 5 heteroatoms. The van der Waals surface area contributed by atoms with Gasteiger partial charge in [0.2, 0.25) is 10.0 Å². The van der Waals surface area contributed by atoms with Crippen molar-refractivity contribution in [1.29, 1.82) is 0 Å². The third kappa shape index (κ3) is 4.23. The molecule has 0 bridgehead atoms. The third-order valence-electron chi connectivity index (χ3n) is 4.02. The molecule has 17 heavy (non-hydrogen) atoms. The van der Waals surface area contributed by atoms with E-state index in [0.29, 0.717) is 24.1 Å². The molecule has 2 aliphatic rings. The zero-order chi connectivity index (χ0) is 12.3. The third-order valence-corrected chi connectivity index (χ3v) is 5.54. The van der Waals surface area contributed by atoms with Gasteiger partial charge in [0.25, 0.3) is 0 Å². The van der Waals surface area contributed by atoms with E-state index < -0.39 is 10.0 Å². The summed E-state index contributed by atoms with van der Waals surface area (Å²) in [6.07, 6.45) is 6.51. The van der Waals surface area contributed by atoms with Crippen LogP contribution in [-0.4, -0.2) is 32.4 Å². The van der Waals surface area contributed by atoms with E-state index in [1.807, 2.05) is 0 Å². The SMILES string of the molecule is O=S(=O)(CC1CC1)NCC1CCCCC1CO. The molecule has 4 nitrogen and oxygen atoms in total. The molecule has 2 unspecified atom stereocenters. The second-order valence-electron chi connectivity index (χ2n) is 5.56. The van der Waals surface area contributed by atoms with Gasteiger partial charge >= 0.3 is 0 Å². The van der Waals surface area contributed by atoms with Crippen molar-refractivity contribution in [2.75, 3.05) is 18.9 Å². The van der Waals surface area contributed by atoms with Crippen LogP contribution in [0, 0.1) is 17.8 Å². The lowest BCUT2D eigenvalue weighted by atomic mass is 9.80. The summed E-state index contributed by atoms with van der Waals surface area (Å²) in [5.74, 6) is 1.30. The molecule has 0 aromatic carbocycles. The fourth-order valence-electron chi connectivity index (χ4n) is 2.68. The van der Waals surface area contributed by atoms with Gasteiger partial charge in [-0.1, -0.05) is 12.8 Å². The topological polar surface area (TPSA) is 66.4 Å². The van der Waals surface area contributed by atoms with Crippen molar-refractivity contribution in [3.63, 3.8) is 0 Å². The lowest BCUT2D eigenvalue weighted by Gasteiger charge is -2.30. The Morgan fingerprint density at radius 3 is 2.29 bits per heavy atom. The molecule has 0 saturated heterocycles. The van der Waals surface area contributed by atoms with Gasteiger partial charge in [0, 0.05) is 13.2 Å². The van der Waals surface area contributed by atoms with Crippen LogP contribution in [0.2, 0.25) is 0 Å². The maximum atomic E-state index is 11.7. The predicted molar refractivity (Wildman–Crippen MR) is 67.0 cm³/mol. The summed E-state index contributed by atoms with van der Waals surface area (Å²) in [6, 6.07) is 0. The van der Waals surface area contributed by atoms with Crippen molar-refractivity contribution in [2.45, 2.75) is 38.5 Å². The average Bonchev–Trinajstić information content (AvgIpc) is 3.10. The van der Waals surface area contributed by atoms with Crippen molar-refractivity contribution in [2.24, 2.45) is 17.8 Å². The van der Waals surface area contributed by atoms with Crippen LogP contribution >= 0.6 is 0 Å². The summed E-state index contributed by atoms with van der Waals surface area (Å²) in [5.41, 5.74) is 0. The Bertz CT molecular complexity index is 338. The van der Waals surface area contributed by atoms with Crippen molar-refractivity contribution < 1.29 is 13.5 Å². The number of hydrogen-bond donors (Lipinski definition) is 2. The van der Waals surface area contributed by atoms with Gasteiger partial charge < -0.3 is 5.11 Å². The van der Waals surface area contributed by atoms with Crippen LogP contribution in [0.25, 0.3) is 0 Å². The minimum Gasteiger partial charge on any atom is -0.396 e. The Balaban J connectivity index is 1.79. The fourth-order valence-corrected chi connectivity index (χ4v) is 4.22. The first-order valence-corrected chi connectivity index (χ1v) is 8.34. The van der Waals surface area contributed by atoms with Gasteiger partial charge in [-0.2, -0.15) is 0 Å². The van der Waals surface area contributed by atoms with Crippen LogP contribution in [0.5, 0.6) is 0 Å². The number of hydrogen-bond acceptors (Lipinski definition) is 3. The molecule has 0 aromatic heterocycles. The molecule has 0 heterocycles. The van der Waals surface area contributed by atoms with Gasteiger partial charge in [-0.15, -0.1) is 0 Å². The van der Waals surface area contributed by atoms with Gasteiger partial charge in [-0.05, 0) is 43.4 Å². The first-order valence-electron chi connectivity index (χ1n) is 6.69. The molecular weight excluding hydrogens is 238 g/mol. The molecule has 2 aliphatic carbocycles. The van der Waals surface area contributed by atoms with E-state index in [-0.39, 0.29) is 12.5 Å². The molecule has 0 amide bonds. The average molecular weight is 261 g/mol. The van der Waals surface area contributed by atoms with Crippen molar-refractivity contribution in [3.05, 3.63) is 0 Å². The van der Waals surface area contributed by atoms with Gasteiger partial charge in [-0.25, -0.2) is 13.1 Å². The number of nitrogens with one attached hydrogen (secondary N) is 1. The predicted octanol–water partition coefficient (Wildman–Crippen LogP) is 1.11. The molecule has 100 valence electrons. The van der Waals surface area contributed by atoms with E-state index in [1.54, 1.807) is 0 Å². The first-order chi connectivity index (χ1) is 8.11. The van der Waals surface area contributed by atoms with Crippen molar-refractivity contribution in [1.82, 2.24) is 4.72 Å². The summed E-state index contributed by atoms with van der Waals surface area (Å²) >= 11 is 0. The standard InChI is InChI=1S/C12H23NO3S/c14-8-12-4-2-1-3-11(12)7-13-17(15,16)9-10-5-6-10/h10-14H,1-9H2. The van der Waals surface area contributed by atoms with Gasteiger partial charge in [-0.3, -0.25) is 0 Å². The second-order valence-corrected chi connectivity index (χ2v) is 7.41. The maximum absolute atomic E-state index is 11.7. The number of rotatable bonds is 6. The zero-order valence-corrected chi connectivity index (χ0v) is 11.1. The molecule has 0 radical (unpaired) electrons. The van der Waals surface area contributed by atoms with Gasteiger partial charge in [0.05, 0.1) is 5.75 Å². The fraction of sp³-hybridized carbons (Fsp3) is 1.00. The van der Waals surface area contributed by atoms with Crippen molar-refractivity contribution >= 4 is 10.0 Å². The highest BCUT2D eigenvalue weighted by atomic mass is 32.2. The first kappa shape index (κ1) is 13.3. The highest BCUT2D eigenvalue weighted by Crippen LogP contribution is 2.31. The van der Waals surface area contributed by atoms with Crippen LogP contribution < -0.4 is 4.72 Å². The van der Waals surface area contributed by atoms with Gasteiger partial charge in [0.15, 0.2) is 0 Å². The molecule has 0 aromatic rings. The Morgan fingerprint density at radius 2 is 1.71 bits per heavy atom. The molecular formula is C12H23NO3S. The van der Waals surface area contributed by atoms with Crippen LogP contribution in [0.4, 0.5) is 0 Å². The number of aliphatic hydroxyl groups is 1. The summed E-state index contributed by atoms with van der Waals surface area (Å²) in [5, 5.41) is 9.27. The highest BCUT2D eigenvalue weighted by molar-refractivity contribution is 7.89. The lowest BCUT2D eigenvalue weighted by molar-refractivity contribution is 0.136. The zero-order valence-electron chi connectivity index (χ0n) is 10.3. The summed E-state index contributed by atoms with van der Waals surface area (Å²) in [4.78, 5) is 0. The van der Waals surface area contributed by atoms with Crippen LogP contribution in [0.15, 0.2) is 0 Å². The molecule has 0 spiro atoms. The van der Waals surface area contributed by atoms with Gasteiger partial charge in [0.1, 0.15) is 0 Å². The Kier molecular flexibility index (Phi) is 4.44. The minimum atomic E-state index is -3.08. The van der Waals surface area contributed by atoms with Crippen LogP contribution in [0.3, 0.4) is 0 Å². The van der Waals surface area contributed by atoms with Crippen LogP contribution in [0.1, 0.15) is 38.5 Å². The maximum Gasteiger partial charge on any atom is 0.211 e. The Labute approximate surface area is 104 Å². The summed E-state index contributed by atoms with van der Waals surface area (Å²) < 4.78 is 26.2. The quantitative estimate of drug-likeness (QED) is 0.753. The normalized spacial score (nSPS) is 30.4. The van der Waals surface area contributed by atoms with E-state index in [1.165, 1.54) is 0 Å². The van der Waals surface area contributed by atoms with E-state index in [4.69, 9.17) is 0 Å². The molecule has 2 N–H and O–H groups in total. The second kappa shape index (κ2) is 5.67. The molecule has 2 fully saturated rings. The lowest BCUT2D eigenvalue weighted by Crippen LogP contribution is -2.36. The number of sulfonamides is 1. The highest BCUT2D eigenvalue weighted by Gasteiger charge is 2.30. The molecule has 0 aliphatic heterocycles. The Morgan fingerprint density at radius 1 is 1.06 bits per heavy atom. The smallest absolute Gasteiger partial charge is 0.211 e. The molecule has 2 atom stereocenters. The molecule has 2 saturated carbocycles. The monoisotopic (exact) mass is 261 g/mol. The minimum absolute atomic E-state index is 0.190. The number of aliphatic hydroxyl groups excluding tert-OH is 1. The summed E-state index contributed by atoms with van der Waals surface area (Å²) in [7, 11) is -3.08. The largest absolute Gasteiger partial charge is 0.396 e. The van der Waals surface area contributed by atoms with Crippen LogP contribution in [-0.2, 0) is 10.0 Å². The summed E-state index contributed by atoms with van der Waals surface area (Å²) in [6.45, 7) is 0.704. The van der Waals surface area contributed by atoms with E-state index >= 15 is 0 Å².